The minimum Gasteiger partial charge on any atom is -0.437 e. The van der Waals surface area contributed by atoms with E-state index in [9.17, 15) is 4.79 Å². The molecule has 92 valence electrons. The topological polar surface area (TPSA) is 52.1 Å². The van der Waals surface area contributed by atoms with Gasteiger partial charge in [0.05, 0.1) is 10.6 Å². The predicted molar refractivity (Wildman–Crippen MR) is 70.7 cm³/mol. The van der Waals surface area contributed by atoms with E-state index in [-0.39, 0.29) is 11.4 Å². The maximum atomic E-state index is 10.9. The molecular weight excluding hydrogens is 272 g/mol. The van der Waals surface area contributed by atoms with Crippen molar-refractivity contribution in [3.63, 3.8) is 0 Å². The number of halogens is 1. The summed E-state index contributed by atoms with van der Waals surface area (Å²) >= 11 is 7.35. The molecule has 6 heteroatoms. The van der Waals surface area contributed by atoms with Gasteiger partial charge in [0.15, 0.2) is 11.4 Å². The van der Waals surface area contributed by atoms with Gasteiger partial charge in [-0.1, -0.05) is 35.5 Å². The van der Waals surface area contributed by atoms with E-state index in [1.165, 1.54) is 18.0 Å². The summed E-state index contributed by atoms with van der Waals surface area (Å²) in [6.45, 7) is 0. The lowest BCUT2D eigenvalue weighted by atomic mass is 10.3. The highest BCUT2D eigenvalue weighted by Crippen LogP contribution is 2.29. The lowest BCUT2D eigenvalue weighted by Crippen LogP contribution is -1.97. The van der Waals surface area contributed by atoms with Crippen molar-refractivity contribution in [3.05, 3.63) is 41.0 Å². The number of aldehydes is 1. The quantitative estimate of drug-likeness (QED) is 0.488. The molecule has 18 heavy (non-hydrogen) atoms. The molecule has 0 unspecified atom stereocenters. The molecule has 0 atom stereocenters. The first-order chi connectivity index (χ1) is 8.74. The van der Waals surface area contributed by atoms with Crippen molar-refractivity contribution in [1.82, 2.24) is 9.97 Å². The molecule has 1 aromatic carbocycles. The Morgan fingerprint density at radius 3 is 2.83 bits per heavy atom. The van der Waals surface area contributed by atoms with Gasteiger partial charge in [-0.2, -0.15) is 4.98 Å². The average molecular weight is 281 g/mol. The zero-order chi connectivity index (χ0) is 13.0. The molecule has 2 rings (SSSR count). The van der Waals surface area contributed by atoms with Crippen molar-refractivity contribution >= 4 is 29.6 Å². The van der Waals surface area contributed by atoms with E-state index in [1.54, 1.807) is 24.3 Å². The highest BCUT2D eigenvalue weighted by Gasteiger charge is 2.10. The number of carbonyl (C=O) groups is 1. The van der Waals surface area contributed by atoms with Crippen LogP contribution in [0.1, 0.15) is 10.4 Å². The summed E-state index contributed by atoms with van der Waals surface area (Å²) < 4.78 is 5.55. The number of hydrogen-bond donors (Lipinski definition) is 0. The highest BCUT2D eigenvalue weighted by molar-refractivity contribution is 7.98. The zero-order valence-electron chi connectivity index (χ0n) is 9.46. The number of nitrogens with zero attached hydrogens (tertiary/aromatic N) is 2. The number of carbonyl (C=O) groups excluding carboxylic acids is 1. The molecule has 4 nitrogen and oxygen atoms in total. The molecule has 0 radical (unpaired) electrons. The van der Waals surface area contributed by atoms with Crippen molar-refractivity contribution in [3.8, 4) is 11.6 Å². The zero-order valence-corrected chi connectivity index (χ0v) is 11.0. The van der Waals surface area contributed by atoms with Gasteiger partial charge in [0.25, 0.3) is 0 Å². The first-order valence-electron chi connectivity index (χ1n) is 5.03. The van der Waals surface area contributed by atoms with Crippen molar-refractivity contribution in [2.75, 3.05) is 6.26 Å². The molecule has 2 aromatic rings. The van der Waals surface area contributed by atoms with Crippen LogP contribution in [0.2, 0.25) is 5.02 Å². The third-order valence-corrected chi connectivity index (χ3v) is 2.99. The number of rotatable bonds is 4. The van der Waals surface area contributed by atoms with Gasteiger partial charge in [-0.25, -0.2) is 4.98 Å². The summed E-state index contributed by atoms with van der Waals surface area (Å²) in [4.78, 5) is 19.0. The van der Waals surface area contributed by atoms with Gasteiger partial charge < -0.3 is 4.74 Å². The molecular formula is C12H9ClN2O2S. The van der Waals surface area contributed by atoms with E-state index in [2.05, 4.69) is 9.97 Å². The number of benzene rings is 1. The fourth-order valence-corrected chi connectivity index (χ4v) is 1.76. The van der Waals surface area contributed by atoms with Crippen LogP contribution in [0, 0.1) is 0 Å². The van der Waals surface area contributed by atoms with E-state index >= 15 is 0 Å². The molecule has 0 bridgehead atoms. The Labute approximate surface area is 113 Å². The van der Waals surface area contributed by atoms with Gasteiger partial charge in [0.1, 0.15) is 5.75 Å². The SMILES string of the molecule is CSc1ncc(C=O)c(Oc2ccccc2Cl)n1. The Bertz CT molecular complexity index is 578. The highest BCUT2D eigenvalue weighted by atomic mass is 35.5. The van der Waals surface area contributed by atoms with Crippen LogP contribution in [-0.2, 0) is 0 Å². The Kier molecular flexibility index (Phi) is 4.17. The molecule has 0 aliphatic rings. The number of thioether (sulfide) groups is 1. The van der Waals surface area contributed by atoms with Crippen LogP contribution in [0.15, 0.2) is 35.6 Å². The van der Waals surface area contributed by atoms with Crippen LogP contribution in [0.25, 0.3) is 0 Å². The summed E-state index contributed by atoms with van der Waals surface area (Å²) in [5.41, 5.74) is 0.285. The van der Waals surface area contributed by atoms with Crippen LogP contribution >= 0.6 is 23.4 Å². The second-order valence-corrected chi connectivity index (χ2v) is 4.45. The van der Waals surface area contributed by atoms with Crippen LogP contribution in [-0.4, -0.2) is 22.5 Å². The smallest absolute Gasteiger partial charge is 0.233 e. The Morgan fingerprint density at radius 1 is 1.39 bits per heavy atom. The number of hydrogen-bond acceptors (Lipinski definition) is 5. The van der Waals surface area contributed by atoms with Gasteiger partial charge in [-0.05, 0) is 18.4 Å². The first-order valence-corrected chi connectivity index (χ1v) is 6.63. The third-order valence-electron chi connectivity index (χ3n) is 2.11. The number of aromatic nitrogens is 2. The van der Waals surface area contributed by atoms with Crippen LogP contribution in [0.5, 0.6) is 11.6 Å². The summed E-state index contributed by atoms with van der Waals surface area (Å²) in [6.07, 6.45) is 3.92. The summed E-state index contributed by atoms with van der Waals surface area (Å²) in [5, 5.41) is 0.987. The first kappa shape index (κ1) is 12.9. The standard InChI is InChI=1S/C12H9ClN2O2S/c1-18-12-14-6-8(7-16)11(15-12)17-10-5-3-2-4-9(10)13/h2-7H,1H3. The van der Waals surface area contributed by atoms with Gasteiger partial charge in [0, 0.05) is 6.20 Å². The van der Waals surface area contributed by atoms with Crippen LogP contribution in [0.4, 0.5) is 0 Å². The largest absolute Gasteiger partial charge is 0.437 e. The second-order valence-electron chi connectivity index (χ2n) is 3.27. The van der Waals surface area contributed by atoms with Crippen molar-refractivity contribution in [2.45, 2.75) is 5.16 Å². The van der Waals surface area contributed by atoms with E-state index < -0.39 is 0 Å². The second kappa shape index (κ2) is 5.84. The van der Waals surface area contributed by atoms with Crippen molar-refractivity contribution < 1.29 is 9.53 Å². The maximum Gasteiger partial charge on any atom is 0.233 e. The molecule has 0 saturated heterocycles. The minimum atomic E-state index is 0.206. The van der Waals surface area contributed by atoms with E-state index in [1.807, 2.05) is 6.26 Å². The van der Waals surface area contributed by atoms with Gasteiger partial charge in [-0.15, -0.1) is 0 Å². The van der Waals surface area contributed by atoms with Crippen molar-refractivity contribution in [1.29, 1.82) is 0 Å². The summed E-state index contributed by atoms with van der Waals surface area (Å²) in [5.74, 6) is 0.658. The molecule has 0 saturated carbocycles. The van der Waals surface area contributed by atoms with E-state index in [4.69, 9.17) is 16.3 Å². The number of para-hydroxylation sites is 1. The van der Waals surface area contributed by atoms with E-state index in [0.717, 1.165) is 0 Å². The fraction of sp³-hybridized carbons (Fsp3) is 0.0833. The lowest BCUT2D eigenvalue weighted by molar-refractivity contribution is 0.112. The fourth-order valence-electron chi connectivity index (χ4n) is 1.25. The molecule has 0 amide bonds. The van der Waals surface area contributed by atoms with Gasteiger partial charge >= 0.3 is 0 Å². The third kappa shape index (κ3) is 2.80. The van der Waals surface area contributed by atoms with Crippen LogP contribution in [0.3, 0.4) is 0 Å². The lowest BCUT2D eigenvalue weighted by Gasteiger charge is -2.08. The predicted octanol–water partition coefficient (Wildman–Crippen LogP) is 3.46. The van der Waals surface area contributed by atoms with E-state index in [0.29, 0.717) is 22.2 Å². The Balaban J connectivity index is 2.38. The molecule has 0 fully saturated rings. The maximum absolute atomic E-state index is 10.9. The normalized spacial score (nSPS) is 10.1. The van der Waals surface area contributed by atoms with Gasteiger partial charge in [0.2, 0.25) is 5.88 Å². The summed E-state index contributed by atoms with van der Waals surface area (Å²) in [7, 11) is 0. The Morgan fingerprint density at radius 2 is 2.17 bits per heavy atom. The molecule has 1 aromatic heterocycles. The molecule has 0 N–H and O–H groups in total. The molecule has 0 aliphatic carbocycles. The molecule has 0 spiro atoms. The van der Waals surface area contributed by atoms with Crippen molar-refractivity contribution in [2.24, 2.45) is 0 Å². The minimum absolute atomic E-state index is 0.206. The summed E-state index contributed by atoms with van der Waals surface area (Å²) in [6, 6.07) is 6.99. The Hall–Kier alpha value is -1.59. The van der Waals surface area contributed by atoms with Gasteiger partial charge in [-0.3, -0.25) is 4.79 Å². The monoisotopic (exact) mass is 280 g/mol. The number of ether oxygens (including phenoxy) is 1. The molecule has 0 aliphatic heterocycles. The van der Waals surface area contributed by atoms with Crippen LogP contribution < -0.4 is 4.74 Å². The average Bonchev–Trinajstić information content (AvgIpc) is 2.41. The molecule has 1 heterocycles.